The minimum Gasteiger partial charge on any atom is -0.504 e. The molecule has 0 saturated carbocycles. The molecule has 0 amide bonds. The molecule has 0 radical (unpaired) electrons. The van der Waals surface area contributed by atoms with E-state index in [9.17, 15) is 25.2 Å². The van der Waals surface area contributed by atoms with Crippen LogP contribution in [-0.2, 0) is 16.0 Å². The molecule has 1 aromatic carbocycles. The molecule has 7 nitrogen and oxygen atoms in total. The third-order valence-electron chi connectivity index (χ3n) is 4.05. The summed E-state index contributed by atoms with van der Waals surface area (Å²) in [6.45, 7) is 3.50. The number of carbonyl (C=O) groups is 2. The van der Waals surface area contributed by atoms with Crippen molar-refractivity contribution in [1.82, 2.24) is 0 Å². The molecule has 1 N–H and O–H groups in total. The number of benzene rings is 1. The van der Waals surface area contributed by atoms with Gasteiger partial charge in [-0.1, -0.05) is 6.07 Å². The van der Waals surface area contributed by atoms with Crippen LogP contribution in [0.5, 0.6) is 11.5 Å². The highest BCUT2D eigenvalue weighted by molar-refractivity contribution is 7.14. The number of ether oxygens (including phenoxy) is 2. The van der Waals surface area contributed by atoms with E-state index in [-0.39, 0.29) is 40.5 Å². The smallest absolute Gasteiger partial charge is 0.348 e. The molecule has 0 saturated heterocycles. The van der Waals surface area contributed by atoms with Crippen LogP contribution in [-0.4, -0.2) is 30.6 Å². The predicted octanol–water partition coefficient (Wildman–Crippen LogP) is 3.54. The van der Waals surface area contributed by atoms with Gasteiger partial charge in [-0.3, -0.25) is 4.79 Å². The molecule has 0 fully saturated rings. The van der Waals surface area contributed by atoms with Gasteiger partial charge in [0.05, 0.1) is 24.9 Å². The van der Waals surface area contributed by atoms with Gasteiger partial charge in [-0.15, -0.1) is 11.3 Å². The lowest BCUT2D eigenvalue weighted by Crippen LogP contribution is -2.05. The van der Waals surface area contributed by atoms with E-state index >= 15 is 0 Å². The molecular formula is C21H18N2O5S. The summed E-state index contributed by atoms with van der Waals surface area (Å²) < 4.78 is 10.0. The Morgan fingerprint density at radius 3 is 2.62 bits per heavy atom. The molecule has 0 aliphatic rings. The summed E-state index contributed by atoms with van der Waals surface area (Å²) >= 11 is 1.02. The van der Waals surface area contributed by atoms with E-state index < -0.39 is 11.8 Å². The summed E-state index contributed by atoms with van der Waals surface area (Å²) in [6.07, 6.45) is 1.19. The van der Waals surface area contributed by atoms with Crippen LogP contribution in [0.2, 0.25) is 0 Å². The molecule has 29 heavy (non-hydrogen) atoms. The van der Waals surface area contributed by atoms with Crippen LogP contribution in [0.4, 0.5) is 0 Å². The van der Waals surface area contributed by atoms with E-state index in [1.807, 2.05) is 12.1 Å². The Morgan fingerprint density at radius 1 is 1.31 bits per heavy atom. The van der Waals surface area contributed by atoms with Crippen LogP contribution in [0.1, 0.15) is 38.2 Å². The van der Waals surface area contributed by atoms with E-state index in [0.29, 0.717) is 16.0 Å². The molecule has 0 atom stereocenters. The van der Waals surface area contributed by atoms with E-state index in [1.54, 1.807) is 13.8 Å². The summed E-state index contributed by atoms with van der Waals surface area (Å²) in [5, 5.41) is 28.5. The van der Waals surface area contributed by atoms with Crippen LogP contribution in [0.25, 0.3) is 6.08 Å². The number of methoxy groups -OCH3 is 1. The number of Topliss-reactive ketones (excluding diaryl/α,β-unsaturated/α-hetero) is 1. The van der Waals surface area contributed by atoms with Gasteiger partial charge in [-0.2, -0.15) is 10.5 Å². The number of rotatable bonds is 7. The minimum atomic E-state index is -0.544. The summed E-state index contributed by atoms with van der Waals surface area (Å²) in [5.41, 5.74) is 1.09. The van der Waals surface area contributed by atoms with Gasteiger partial charge in [0.25, 0.3) is 0 Å². The largest absolute Gasteiger partial charge is 0.504 e. The SMILES string of the molecule is CCOC(=O)c1sc(CC(=O)/C(C#N)=C/c2ccc(O)c(OC)c2)c(C#N)c1C. The van der Waals surface area contributed by atoms with Crippen LogP contribution in [0.3, 0.4) is 0 Å². The number of phenols is 1. The second kappa shape index (κ2) is 9.54. The standard InChI is InChI=1S/C21H18N2O5S/c1-4-28-21(26)20-12(2)15(11-23)19(29-20)9-17(25)14(10-22)7-13-5-6-16(24)18(8-13)27-3/h5-8,24H,4,9H2,1-3H3/b14-7+. The molecule has 0 aliphatic heterocycles. The van der Waals surface area contributed by atoms with Crippen LogP contribution in [0, 0.1) is 29.6 Å². The second-order valence-electron chi connectivity index (χ2n) is 5.89. The minimum absolute atomic E-state index is 0.0614. The van der Waals surface area contributed by atoms with E-state index in [1.165, 1.54) is 31.4 Å². The number of phenolic OH excluding ortho intramolecular Hbond substituents is 1. The maximum absolute atomic E-state index is 12.7. The first kappa shape index (κ1) is 21.7. The van der Waals surface area contributed by atoms with E-state index in [0.717, 1.165) is 11.3 Å². The Morgan fingerprint density at radius 2 is 2.03 bits per heavy atom. The first-order chi connectivity index (χ1) is 13.9. The van der Waals surface area contributed by atoms with Crippen molar-refractivity contribution in [3.05, 3.63) is 50.2 Å². The first-order valence-electron chi connectivity index (χ1n) is 8.57. The maximum atomic E-state index is 12.7. The maximum Gasteiger partial charge on any atom is 0.348 e. The lowest BCUT2D eigenvalue weighted by atomic mass is 10.0. The number of carbonyl (C=O) groups excluding carboxylic acids is 2. The van der Waals surface area contributed by atoms with Gasteiger partial charge in [0.15, 0.2) is 17.3 Å². The molecule has 8 heteroatoms. The van der Waals surface area contributed by atoms with Crippen molar-refractivity contribution in [2.75, 3.05) is 13.7 Å². The Labute approximate surface area is 172 Å². The number of hydrogen-bond acceptors (Lipinski definition) is 8. The topological polar surface area (TPSA) is 120 Å². The molecule has 148 valence electrons. The van der Waals surface area contributed by atoms with Gasteiger partial charge < -0.3 is 14.6 Å². The zero-order chi connectivity index (χ0) is 21.6. The highest BCUT2D eigenvalue weighted by atomic mass is 32.1. The van der Waals surface area contributed by atoms with Gasteiger partial charge >= 0.3 is 5.97 Å². The van der Waals surface area contributed by atoms with Crippen LogP contribution in [0.15, 0.2) is 23.8 Å². The number of allylic oxidation sites excluding steroid dienone is 1. The van der Waals surface area contributed by atoms with Crippen molar-refractivity contribution in [3.63, 3.8) is 0 Å². The summed E-state index contributed by atoms with van der Waals surface area (Å²) in [7, 11) is 1.39. The Balaban J connectivity index is 2.35. The second-order valence-corrected chi connectivity index (χ2v) is 6.99. The van der Waals surface area contributed by atoms with Crippen molar-refractivity contribution in [1.29, 1.82) is 10.5 Å². The van der Waals surface area contributed by atoms with Gasteiger partial charge in [0, 0.05) is 11.3 Å². The molecule has 0 bridgehead atoms. The molecule has 0 aliphatic carbocycles. The van der Waals surface area contributed by atoms with E-state index in [2.05, 4.69) is 0 Å². The molecule has 1 heterocycles. The summed E-state index contributed by atoms with van der Waals surface area (Å²) in [5.74, 6) is -0.887. The number of ketones is 1. The van der Waals surface area contributed by atoms with Gasteiger partial charge in [-0.25, -0.2) is 4.79 Å². The Hall–Kier alpha value is -3.62. The molecule has 2 aromatic rings. The molecule has 1 aromatic heterocycles. The van der Waals surface area contributed by atoms with E-state index in [4.69, 9.17) is 9.47 Å². The molecule has 0 unspecified atom stereocenters. The highest BCUT2D eigenvalue weighted by Crippen LogP contribution is 2.30. The third kappa shape index (κ3) is 4.81. The Kier molecular flexibility index (Phi) is 7.13. The van der Waals surface area contributed by atoms with Gasteiger partial charge in [-0.05, 0) is 43.2 Å². The fraction of sp³-hybridized carbons (Fsp3) is 0.238. The molecular weight excluding hydrogens is 392 g/mol. The summed E-state index contributed by atoms with van der Waals surface area (Å²) in [4.78, 5) is 25.4. The fourth-order valence-electron chi connectivity index (χ4n) is 2.60. The van der Waals surface area contributed by atoms with Crippen molar-refractivity contribution >= 4 is 29.2 Å². The van der Waals surface area contributed by atoms with Crippen molar-refractivity contribution in [3.8, 4) is 23.6 Å². The van der Waals surface area contributed by atoms with Crippen molar-refractivity contribution in [2.45, 2.75) is 20.3 Å². The monoisotopic (exact) mass is 410 g/mol. The first-order valence-corrected chi connectivity index (χ1v) is 9.39. The number of esters is 1. The normalized spacial score (nSPS) is 10.7. The average Bonchev–Trinajstić information content (AvgIpc) is 3.02. The average molecular weight is 410 g/mol. The molecule has 2 rings (SSSR count). The number of hydrogen-bond donors (Lipinski definition) is 1. The Bertz CT molecular complexity index is 1070. The third-order valence-corrected chi connectivity index (χ3v) is 5.32. The van der Waals surface area contributed by atoms with Crippen LogP contribution < -0.4 is 4.74 Å². The summed E-state index contributed by atoms with van der Waals surface area (Å²) in [6, 6.07) is 8.31. The number of aromatic hydroxyl groups is 1. The van der Waals surface area contributed by atoms with Crippen molar-refractivity contribution < 1.29 is 24.2 Å². The van der Waals surface area contributed by atoms with Gasteiger partial charge in [0.2, 0.25) is 0 Å². The lowest BCUT2D eigenvalue weighted by molar-refractivity contribution is -0.114. The number of thiophene rings is 1. The zero-order valence-corrected chi connectivity index (χ0v) is 16.9. The molecule has 0 spiro atoms. The van der Waals surface area contributed by atoms with Crippen molar-refractivity contribution in [2.24, 2.45) is 0 Å². The fourth-order valence-corrected chi connectivity index (χ4v) is 3.75. The highest BCUT2D eigenvalue weighted by Gasteiger charge is 2.23. The van der Waals surface area contributed by atoms with Crippen LogP contribution >= 0.6 is 11.3 Å². The number of nitrogens with zero attached hydrogens (tertiary/aromatic N) is 2. The number of nitriles is 2. The quantitative estimate of drug-likeness (QED) is 0.421. The predicted molar refractivity (Wildman–Crippen MR) is 107 cm³/mol. The lowest BCUT2D eigenvalue weighted by Gasteiger charge is -2.04. The zero-order valence-electron chi connectivity index (χ0n) is 16.1. The van der Waals surface area contributed by atoms with Gasteiger partial charge in [0.1, 0.15) is 17.0 Å².